The fourth-order valence-electron chi connectivity index (χ4n) is 0.945. The van der Waals surface area contributed by atoms with Crippen molar-refractivity contribution < 1.29 is 4.79 Å². The van der Waals surface area contributed by atoms with Crippen molar-refractivity contribution in [1.82, 2.24) is 4.90 Å². The molecule has 0 saturated carbocycles. The first-order chi connectivity index (χ1) is 4.34. The summed E-state index contributed by atoms with van der Waals surface area (Å²) >= 11 is 2.24. The smallest absolute Gasteiger partial charge is 0.222 e. The normalized spacial score (nSPS) is 19.2. The van der Waals surface area contributed by atoms with Crippen molar-refractivity contribution in [2.75, 3.05) is 11.0 Å². The molecule has 1 fully saturated rings. The largest absolute Gasteiger partial charge is 0.337 e. The van der Waals surface area contributed by atoms with E-state index < -0.39 is 0 Å². The summed E-state index contributed by atoms with van der Waals surface area (Å²) in [6.45, 7) is 2.89. The number of likely N-dealkylation sites (tertiary alicyclic amines) is 1. The van der Waals surface area contributed by atoms with Crippen LogP contribution in [0.3, 0.4) is 0 Å². The van der Waals surface area contributed by atoms with Crippen molar-refractivity contribution in [2.24, 2.45) is 0 Å². The zero-order valence-electron chi connectivity index (χ0n) is 5.14. The average Bonchev–Trinajstić information content (AvgIpc) is 2.18. The van der Waals surface area contributed by atoms with Gasteiger partial charge >= 0.3 is 0 Å². The minimum absolute atomic E-state index is 0.284. The Bertz CT molecular complexity index is 116. The molecule has 0 atom stereocenters. The molecule has 51 valence electrons. The molecule has 1 heterocycles. The van der Waals surface area contributed by atoms with Crippen LogP contribution in [0.15, 0.2) is 0 Å². The summed E-state index contributed by atoms with van der Waals surface area (Å²) in [5.41, 5.74) is 0. The molecular formula is C6H9INO. The van der Waals surface area contributed by atoms with Gasteiger partial charge in [-0.2, -0.15) is 0 Å². The number of nitrogens with zero attached hydrogens (tertiary/aromatic N) is 1. The van der Waals surface area contributed by atoms with Crippen molar-refractivity contribution in [3.05, 3.63) is 6.54 Å². The highest BCUT2D eigenvalue weighted by atomic mass is 127. The van der Waals surface area contributed by atoms with Crippen LogP contribution in [0.4, 0.5) is 0 Å². The molecule has 0 aromatic rings. The van der Waals surface area contributed by atoms with E-state index >= 15 is 0 Å². The number of hydrogen-bond donors (Lipinski definition) is 0. The van der Waals surface area contributed by atoms with E-state index in [-0.39, 0.29) is 5.91 Å². The molecule has 1 rings (SSSR count). The Hall–Kier alpha value is 0.200. The second-order valence-electron chi connectivity index (χ2n) is 2.03. The van der Waals surface area contributed by atoms with Crippen LogP contribution >= 0.6 is 22.6 Å². The molecule has 0 aliphatic carbocycles. The van der Waals surface area contributed by atoms with E-state index in [4.69, 9.17) is 0 Å². The zero-order chi connectivity index (χ0) is 6.69. The predicted molar refractivity (Wildman–Crippen MR) is 44.1 cm³/mol. The fourth-order valence-corrected chi connectivity index (χ4v) is 1.42. The lowest BCUT2D eigenvalue weighted by molar-refractivity contribution is -0.126. The lowest BCUT2D eigenvalue weighted by Gasteiger charge is -2.11. The highest BCUT2D eigenvalue weighted by Crippen LogP contribution is 2.11. The Kier molecular flexibility index (Phi) is 2.75. The van der Waals surface area contributed by atoms with Gasteiger partial charge in [0.1, 0.15) is 0 Å². The molecule has 9 heavy (non-hydrogen) atoms. The second-order valence-corrected chi connectivity index (χ2v) is 2.91. The van der Waals surface area contributed by atoms with Gasteiger partial charge in [-0.3, -0.25) is 4.79 Å². The third kappa shape index (κ3) is 1.81. The van der Waals surface area contributed by atoms with Crippen LogP contribution in [0.2, 0.25) is 0 Å². The first-order valence-corrected chi connectivity index (χ1v) is 4.56. The van der Waals surface area contributed by atoms with Crippen molar-refractivity contribution in [2.45, 2.75) is 12.8 Å². The molecule has 0 N–H and O–H groups in total. The summed E-state index contributed by atoms with van der Waals surface area (Å²) in [4.78, 5) is 12.7. The van der Waals surface area contributed by atoms with Gasteiger partial charge in [-0.05, 0) is 6.42 Å². The number of hydrogen-bond acceptors (Lipinski definition) is 1. The predicted octanol–water partition coefficient (Wildman–Crippen LogP) is 1.21. The number of carbonyl (C=O) groups is 1. The van der Waals surface area contributed by atoms with Gasteiger partial charge in [0, 0.05) is 17.4 Å². The van der Waals surface area contributed by atoms with Crippen LogP contribution in [0.25, 0.3) is 0 Å². The van der Waals surface area contributed by atoms with Gasteiger partial charge in [0.25, 0.3) is 0 Å². The average molecular weight is 238 g/mol. The van der Waals surface area contributed by atoms with E-state index in [0.29, 0.717) is 0 Å². The van der Waals surface area contributed by atoms with Gasteiger partial charge in [0.05, 0.1) is 6.54 Å². The number of carbonyl (C=O) groups excluding carboxylic acids is 1. The Labute approximate surface area is 68.7 Å². The maximum atomic E-state index is 10.9. The summed E-state index contributed by atoms with van der Waals surface area (Å²) in [7, 11) is 0. The first kappa shape index (κ1) is 7.31. The molecule has 0 aromatic heterocycles. The zero-order valence-corrected chi connectivity index (χ0v) is 7.30. The van der Waals surface area contributed by atoms with Gasteiger partial charge in [0.2, 0.25) is 5.91 Å². The Morgan fingerprint density at radius 2 is 2.56 bits per heavy atom. The molecule has 1 aliphatic heterocycles. The van der Waals surface area contributed by atoms with E-state index in [1.807, 2.05) is 11.4 Å². The van der Waals surface area contributed by atoms with Crippen LogP contribution in [-0.4, -0.2) is 21.8 Å². The van der Waals surface area contributed by atoms with E-state index in [1.165, 1.54) is 0 Å². The molecular weight excluding hydrogens is 229 g/mol. The molecule has 1 saturated heterocycles. The lowest BCUT2D eigenvalue weighted by atomic mass is 10.4. The quantitative estimate of drug-likeness (QED) is 0.523. The molecule has 0 spiro atoms. The van der Waals surface area contributed by atoms with Crippen LogP contribution in [0.1, 0.15) is 12.8 Å². The van der Waals surface area contributed by atoms with Crippen molar-refractivity contribution >= 4 is 28.5 Å². The molecule has 1 amide bonds. The van der Waals surface area contributed by atoms with Crippen molar-refractivity contribution in [1.29, 1.82) is 0 Å². The van der Waals surface area contributed by atoms with E-state index in [1.54, 1.807) is 0 Å². The molecule has 1 aliphatic rings. The monoisotopic (exact) mass is 238 g/mol. The van der Waals surface area contributed by atoms with Gasteiger partial charge in [-0.1, -0.05) is 22.6 Å². The minimum Gasteiger partial charge on any atom is -0.337 e. The SMILES string of the molecule is O=C1CCCN1[CH]CI. The summed E-state index contributed by atoms with van der Waals surface area (Å²) in [5, 5.41) is 0. The topological polar surface area (TPSA) is 20.3 Å². The summed E-state index contributed by atoms with van der Waals surface area (Å²) < 4.78 is 0.934. The van der Waals surface area contributed by atoms with E-state index in [0.717, 1.165) is 23.8 Å². The highest BCUT2D eigenvalue weighted by molar-refractivity contribution is 14.1. The maximum Gasteiger partial charge on any atom is 0.222 e. The second kappa shape index (κ2) is 3.39. The van der Waals surface area contributed by atoms with Crippen molar-refractivity contribution in [3.63, 3.8) is 0 Å². The number of amides is 1. The Balaban J connectivity index is 2.31. The van der Waals surface area contributed by atoms with E-state index in [2.05, 4.69) is 22.6 Å². The number of rotatable bonds is 2. The van der Waals surface area contributed by atoms with Gasteiger partial charge in [-0.15, -0.1) is 0 Å². The van der Waals surface area contributed by atoms with Crippen LogP contribution in [0, 0.1) is 6.54 Å². The lowest BCUT2D eigenvalue weighted by Crippen LogP contribution is -2.21. The van der Waals surface area contributed by atoms with Crippen LogP contribution < -0.4 is 0 Å². The molecule has 1 radical (unpaired) electrons. The molecule has 3 heteroatoms. The third-order valence-electron chi connectivity index (χ3n) is 1.40. The molecule has 0 unspecified atom stereocenters. The van der Waals surface area contributed by atoms with Gasteiger partial charge < -0.3 is 4.90 Å². The third-order valence-corrected chi connectivity index (χ3v) is 1.79. The minimum atomic E-state index is 0.284. The van der Waals surface area contributed by atoms with Gasteiger partial charge in [0.15, 0.2) is 0 Å². The van der Waals surface area contributed by atoms with Crippen LogP contribution in [-0.2, 0) is 4.79 Å². The van der Waals surface area contributed by atoms with Crippen LogP contribution in [0.5, 0.6) is 0 Å². The maximum absolute atomic E-state index is 10.9. The summed E-state index contributed by atoms with van der Waals surface area (Å²) in [5.74, 6) is 0.284. The standard InChI is InChI=1S/C6H9INO/c7-3-5-8-4-1-2-6(8)9/h5H,1-4H2. The molecule has 0 bridgehead atoms. The number of halogens is 1. The highest BCUT2D eigenvalue weighted by Gasteiger charge is 2.18. The Morgan fingerprint density at radius 3 is 3.00 bits per heavy atom. The number of alkyl halides is 1. The first-order valence-electron chi connectivity index (χ1n) is 3.03. The molecule has 2 nitrogen and oxygen atoms in total. The fraction of sp³-hybridized carbons (Fsp3) is 0.667. The summed E-state index contributed by atoms with van der Waals surface area (Å²) in [6, 6.07) is 0. The van der Waals surface area contributed by atoms with E-state index in [9.17, 15) is 4.79 Å². The Morgan fingerprint density at radius 1 is 1.78 bits per heavy atom. The summed E-state index contributed by atoms with van der Waals surface area (Å²) in [6.07, 6.45) is 1.78. The van der Waals surface area contributed by atoms with Crippen molar-refractivity contribution in [3.8, 4) is 0 Å². The van der Waals surface area contributed by atoms with Gasteiger partial charge in [-0.25, -0.2) is 0 Å². The molecule has 0 aromatic carbocycles.